The fraction of sp³-hybridized carbons (Fsp3) is 0.278. The molecule has 0 aliphatic carbocycles. The Morgan fingerprint density at radius 3 is 2.74 bits per heavy atom. The van der Waals surface area contributed by atoms with Crippen molar-refractivity contribution in [1.82, 2.24) is 14.9 Å². The van der Waals surface area contributed by atoms with Crippen LogP contribution in [0.2, 0.25) is 0 Å². The number of amides is 1. The number of rotatable bonds is 2. The lowest BCUT2D eigenvalue weighted by molar-refractivity contribution is 0.0717. The van der Waals surface area contributed by atoms with Crippen molar-refractivity contribution in [1.29, 1.82) is 0 Å². The lowest BCUT2D eigenvalue weighted by Crippen LogP contribution is -2.37. The minimum Gasteiger partial charge on any atom is -0.338 e. The standard InChI is InChI=1S/C18H17N3OS/c22-18(17-11-14-3-1-2-4-16(14)23-17)21-9-5-13(6-10-21)15-12-19-7-8-20-15/h1-4,7-8,11-13H,5-6,9-10H2. The van der Waals surface area contributed by atoms with Crippen molar-refractivity contribution >= 4 is 27.3 Å². The lowest BCUT2D eigenvalue weighted by atomic mass is 9.94. The first kappa shape index (κ1) is 14.3. The van der Waals surface area contributed by atoms with Gasteiger partial charge in [0, 0.05) is 42.3 Å². The van der Waals surface area contributed by atoms with Gasteiger partial charge >= 0.3 is 0 Å². The Kier molecular flexibility index (Phi) is 3.79. The van der Waals surface area contributed by atoms with E-state index >= 15 is 0 Å². The SMILES string of the molecule is O=C(c1cc2ccccc2s1)N1CCC(c2cnccn2)CC1. The summed E-state index contributed by atoms with van der Waals surface area (Å²) in [5.41, 5.74) is 1.04. The van der Waals surface area contributed by atoms with Crippen LogP contribution in [0.5, 0.6) is 0 Å². The van der Waals surface area contributed by atoms with E-state index in [9.17, 15) is 4.79 Å². The summed E-state index contributed by atoms with van der Waals surface area (Å²) in [5, 5.41) is 1.15. The first-order valence-electron chi connectivity index (χ1n) is 7.85. The van der Waals surface area contributed by atoms with Gasteiger partial charge in [-0.25, -0.2) is 0 Å². The van der Waals surface area contributed by atoms with Gasteiger partial charge < -0.3 is 4.90 Å². The van der Waals surface area contributed by atoms with E-state index in [0.717, 1.165) is 41.9 Å². The van der Waals surface area contributed by atoms with E-state index in [1.165, 1.54) is 4.70 Å². The average molecular weight is 323 g/mol. The van der Waals surface area contributed by atoms with E-state index in [-0.39, 0.29) is 5.91 Å². The van der Waals surface area contributed by atoms with Crippen LogP contribution in [0, 0.1) is 0 Å². The molecule has 0 spiro atoms. The Balaban J connectivity index is 1.46. The van der Waals surface area contributed by atoms with Gasteiger partial charge in [-0.2, -0.15) is 0 Å². The molecule has 3 heterocycles. The molecule has 1 saturated heterocycles. The van der Waals surface area contributed by atoms with Crippen LogP contribution in [0.1, 0.15) is 34.1 Å². The molecule has 0 unspecified atom stereocenters. The molecule has 1 amide bonds. The Hall–Kier alpha value is -2.27. The molecule has 0 saturated carbocycles. The van der Waals surface area contributed by atoms with Crippen LogP contribution < -0.4 is 0 Å². The number of carbonyl (C=O) groups excluding carboxylic acids is 1. The smallest absolute Gasteiger partial charge is 0.263 e. The summed E-state index contributed by atoms with van der Waals surface area (Å²) in [6.45, 7) is 1.57. The molecule has 1 aliphatic heterocycles. The van der Waals surface area contributed by atoms with Gasteiger partial charge in [-0.15, -0.1) is 11.3 Å². The highest BCUT2D eigenvalue weighted by Gasteiger charge is 2.26. The zero-order chi connectivity index (χ0) is 15.6. The van der Waals surface area contributed by atoms with Gasteiger partial charge in [0.2, 0.25) is 0 Å². The second kappa shape index (κ2) is 6.08. The molecule has 23 heavy (non-hydrogen) atoms. The van der Waals surface area contributed by atoms with Crippen molar-refractivity contribution in [3.8, 4) is 0 Å². The number of thiophene rings is 1. The molecule has 0 atom stereocenters. The molecule has 5 heteroatoms. The minimum atomic E-state index is 0.156. The van der Waals surface area contributed by atoms with Gasteiger partial charge in [-0.1, -0.05) is 18.2 Å². The number of hydrogen-bond acceptors (Lipinski definition) is 4. The highest BCUT2D eigenvalue weighted by Crippen LogP contribution is 2.30. The Morgan fingerprint density at radius 1 is 1.17 bits per heavy atom. The fourth-order valence-electron chi connectivity index (χ4n) is 3.14. The molecule has 1 fully saturated rings. The Labute approximate surface area is 138 Å². The van der Waals surface area contributed by atoms with Crippen LogP contribution in [0.15, 0.2) is 48.9 Å². The molecule has 4 rings (SSSR count). The van der Waals surface area contributed by atoms with E-state index in [2.05, 4.69) is 22.1 Å². The van der Waals surface area contributed by atoms with E-state index < -0.39 is 0 Å². The summed E-state index contributed by atoms with van der Waals surface area (Å²) in [6.07, 6.45) is 7.19. The molecule has 2 aromatic heterocycles. The van der Waals surface area contributed by atoms with Crippen LogP contribution in [-0.2, 0) is 0 Å². The van der Waals surface area contributed by atoms with Crippen molar-refractivity contribution in [3.63, 3.8) is 0 Å². The summed E-state index contributed by atoms with van der Waals surface area (Å²) < 4.78 is 1.17. The average Bonchev–Trinajstić information content (AvgIpc) is 3.06. The monoisotopic (exact) mass is 323 g/mol. The fourth-order valence-corrected chi connectivity index (χ4v) is 4.17. The van der Waals surface area contributed by atoms with E-state index in [0.29, 0.717) is 5.92 Å². The van der Waals surface area contributed by atoms with Gasteiger partial charge in [-0.3, -0.25) is 14.8 Å². The third-order valence-electron chi connectivity index (χ3n) is 4.42. The normalized spacial score (nSPS) is 15.9. The molecule has 3 aromatic rings. The predicted octanol–water partition coefficient (Wildman–Crippen LogP) is 3.71. The highest BCUT2D eigenvalue weighted by atomic mass is 32.1. The summed E-state index contributed by atoms with van der Waals surface area (Å²) in [7, 11) is 0. The quantitative estimate of drug-likeness (QED) is 0.722. The molecule has 116 valence electrons. The Morgan fingerprint density at radius 2 is 2.00 bits per heavy atom. The molecule has 0 bridgehead atoms. The topological polar surface area (TPSA) is 46.1 Å². The largest absolute Gasteiger partial charge is 0.338 e. The van der Waals surface area contributed by atoms with Crippen LogP contribution in [0.4, 0.5) is 0 Å². The molecule has 0 N–H and O–H groups in total. The zero-order valence-electron chi connectivity index (χ0n) is 12.7. The van der Waals surface area contributed by atoms with Crippen molar-refractivity contribution in [2.75, 3.05) is 13.1 Å². The van der Waals surface area contributed by atoms with Crippen LogP contribution in [0.3, 0.4) is 0 Å². The van der Waals surface area contributed by atoms with Gasteiger partial charge in [-0.05, 0) is 30.4 Å². The van der Waals surface area contributed by atoms with Crippen LogP contribution in [-0.4, -0.2) is 33.9 Å². The number of hydrogen-bond donors (Lipinski definition) is 0. The number of carbonyl (C=O) groups is 1. The first-order valence-corrected chi connectivity index (χ1v) is 8.67. The van der Waals surface area contributed by atoms with Crippen molar-refractivity contribution < 1.29 is 4.79 Å². The second-order valence-electron chi connectivity index (χ2n) is 5.85. The first-order chi connectivity index (χ1) is 11.3. The number of fused-ring (bicyclic) bond motifs is 1. The van der Waals surface area contributed by atoms with Crippen LogP contribution in [0.25, 0.3) is 10.1 Å². The predicted molar refractivity (Wildman–Crippen MR) is 91.7 cm³/mol. The van der Waals surface area contributed by atoms with Crippen molar-refractivity contribution in [2.24, 2.45) is 0 Å². The summed E-state index contributed by atoms with van der Waals surface area (Å²) >= 11 is 1.58. The zero-order valence-corrected chi connectivity index (χ0v) is 13.5. The third kappa shape index (κ3) is 2.84. The molecular weight excluding hydrogens is 306 g/mol. The second-order valence-corrected chi connectivity index (χ2v) is 6.93. The van der Waals surface area contributed by atoms with Gasteiger partial charge in [0.1, 0.15) is 0 Å². The third-order valence-corrected chi connectivity index (χ3v) is 5.52. The minimum absolute atomic E-state index is 0.156. The number of aromatic nitrogens is 2. The number of benzene rings is 1. The maximum absolute atomic E-state index is 12.7. The van der Waals surface area contributed by atoms with Crippen molar-refractivity contribution in [2.45, 2.75) is 18.8 Å². The molecule has 0 radical (unpaired) electrons. The van der Waals surface area contributed by atoms with E-state index in [4.69, 9.17) is 0 Å². The van der Waals surface area contributed by atoms with Gasteiger partial charge in [0.25, 0.3) is 5.91 Å². The maximum atomic E-state index is 12.7. The maximum Gasteiger partial charge on any atom is 0.263 e. The molecule has 1 aromatic carbocycles. The van der Waals surface area contributed by atoms with Crippen molar-refractivity contribution in [3.05, 3.63) is 59.5 Å². The highest BCUT2D eigenvalue weighted by molar-refractivity contribution is 7.20. The number of nitrogens with zero attached hydrogens (tertiary/aromatic N) is 3. The van der Waals surface area contributed by atoms with Crippen LogP contribution >= 0.6 is 11.3 Å². The summed E-state index contributed by atoms with van der Waals surface area (Å²) in [5.74, 6) is 0.568. The Bertz CT molecular complexity index is 789. The van der Waals surface area contributed by atoms with E-state index in [1.54, 1.807) is 23.7 Å². The molecule has 4 nitrogen and oxygen atoms in total. The van der Waals surface area contributed by atoms with E-state index in [1.807, 2.05) is 29.3 Å². The number of likely N-dealkylation sites (tertiary alicyclic amines) is 1. The van der Waals surface area contributed by atoms with Gasteiger partial charge in [0.05, 0.1) is 10.6 Å². The molecule has 1 aliphatic rings. The molecular formula is C18H17N3OS. The van der Waals surface area contributed by atoms with Gasteiger partial charge in [0.15, 0.2) is 0 Å². The lowest BCUT2D eigenvalue weighted by Gasteiger charge is -2.31. The summed E-state index contributed by atoms with van der Waals surface area (Å²) in [6, 6.07) is 10.2. The summed E-state index contributed by atoms with van der Waals surface area (Å²) in [4.78, 5) is 24.1. The number of piperidine rings is 1.